The van der Waals surface area contributed by atoms with Crippen molar-refractivity contribution in [2.45, 2.75) is 25.7 Å². The molecule has 1 aliphatic carbocycles. The van der Waals surface area contributed by atoms with Gasteiger partial charge in [0, 0.05) is 28.8 Å². The van der Waals surface area contributed by atoms with Crippen LogP contribution in [0.2, 0.25) is 0 Å². The third-order valence-electron chi connectivity index (χ3n) is 4.00. The summed E-state index contributed by atoms with van der Waals surface area (Å²) in [6.45, 7) is 6.02. The number of hydrogen-bond acceptors (Lipinski definition) is 4. The van der Waals surface area contributed by atoms with Gasteiger partial charge in [-0.1, -0.05) is 45.0 Å². The average Bonchev–Trinajstić information content (AvgIpc) is 2.57. The van der Waals surface area contributed by atoms with Gasteiger partial charge in [-0.25, -0.2) is 13.1 Å². The van der Waals surface area contributed by atoms with E-state index in [1.807, 2.05) is 20.8 Å². The van der Waals surface area contributed by atoms with E-state index < -0.39 is 10.0 Å². The molecule has 25 heavy (non-hydrogen) atoms. The molecule has 5 nitrogen and oxygen atoms in total. The summed E-state index contributed by atoms with van der Waals surface area (Å²) >= 11 is 0. The van der Waals surface area contributed by atoms with E-state index in [9.17, 15) is 18.0 Å². The van der Waals surface area contributed by atoms with Gasteiger partial charge in [0.05, 0.1) is 4.90 Å². The minimum atomic E-state index is -3.76. The van der Waals surface area contributed by atoms with Gasteiger partial charge in [0.2, 0.25) is 10.0 Å². The number of nitrogens with one attached hydrogen (secondary N) is 1. The second-order valence-corrected chi connectivity index (χ2v) is 9.06. The van der Waals surface area contributed by atoms with Gasteiger partial charge in [-0.2, -0.15) is 0 Å². The van der Waals surface area contributed by atoms with Crippen LogP contribution in [0.3, 0.4) is 0 Å². The normalized spacial score (nSPS) is 14.2. The van der Waals surface area contributed by atoms with Crippen molar-refractivity contribution in [1.82, 2.24) is 4.72 Å². The molecule has 0 heterocycles. The Labute approximate surface area is 147 Å². The van der Waals surface area contributed by atoms with E-state index in [1.165, 1.54) is 18.2 Å². The van der Waals surface area contributed by atoms with Crippen LogP contribution in [0.5, 0.6) is 0 Å². The first kappa shape index (κ1) is 17.5. The predicted octanol–water partition coefficient (Wildman–Crippen LogP) is 2.79. The molecule has 6 heteroatoms. The van der Waals surface area contributed by atoms with Crippen molar-refractivity contribution in [1.29, 1.82) is 0 Å². The highest BCUT2D eigenvalue weighted by atomic mass is 32.2. The maximum Gasteiger partial charge on any atom is 0.240 e. The molecule has 0 aromatic heterocycles. The SMILES string of the molecule is CC(C)(C)CNS(=O)(=O)c1ccc2c(c1)C(=O)c1ccccc1C2=O. The summed E-state index contributed by atoms with van der Waals surface area (Å²) < 4.78 is 27.5. The Morgan fingerprint density at radius 1 is 0.840 bits per heavy atom. The van der Waals surface area contributed by atoms with Crippen molar-refractivity contribution in [3.63, 3.8) is 0 Å². The Morgan fingerprint density at radius 3 is 1.92 bits per heavy atom. The highest BCUT2D eigenvalue weighted by molar-refractivity contribution is 7.89. The average molecular weight is 357 g/mol. The third kappa shape index (κ3) is 3.27. The first-order valence-electron chi connectivity index (χ1n) is 7.92. The Kier molecular flexibility index (Phi) is 4.13. The van der Waals surface area contributed by atoms with Crippen LogP contribution in [0.25, 0.3) is 0 Å². The Bertz CT molecular complexity index is 985. The molecule has 0 bridgehead atoms. The first-order chi connectivity index (χ1) is 11.6. The molecular weight excluding hydrogens is 338 g/mol. The maximum atomic E-state index is 12.7. The van der Waals surface area contributed by atoms with Crippen molar-refractivity contribution in [2.75, 3.05) is 6.54 Å². The Balaban J connectivity index is 2.03. The van der Waals surface area contributed by atoms with Crippen LogP contribution in [0.15, 0.2) is 47.4 Å². The molecule has 130 valence electrons. The van der Waals surface area contributed by atoms with Crippen molar-refractivity contribution in [3.8, 4) is 0 Å². The number of sulfonamides is 1. The number of carbonyl (C=O) groups is 2. The molecule has 1 aliphatic rings. The summed E-state index contributed by atoms with van der Waals surface area (Å²) in [7, 11) is -3.76. The number of ketones is 2. The van der Waals surface area contributed by atoms with E-state index in [0.717, 1.165) is 0 Å². The molecule has 1 N–H and O–H groups in total. The third-order valence-corrected chi connectivity index (χ3v) is 5.40. The van der Waals surface area contributed by atoms with Gasteiger partial charge in [-0.05, 0) is 23.6 Å². The zero-order valence-electron chi connectivity index (χ0n) is 14.3. The summed E-state index contributed by atoms with van der Waals surface area (Å²) in [5, 5.41) is 0. The number of hydrogen-bond donors (Lipinski definition) is 1. The second kappa shape index (κ2) is 5.89. The molecule has 2 aromatic rings. The van der Waals surface area contributed by atoms with Crippen LogP contribution in [0.4, 0.5) is 0 Å². The van der Waals surface area contributed by atoms with E-state index >= 15 is 0 Å². The summed E-state index contributed by atoms with van der Waals surface area (Å²) in [5.74, 6) is -0.602. The van der Waals surface area contributed by atoms with E-state index in [2.05, 4.69) is 4.72 Å². The first-order valence-corrected chi connectivity index (χ1v) is 9.41. The van der Waals surface area contributed by atoms with Crippen LogP contribution in [0.1, 0.15) is 52.6 Å². The molecule has 0 radical (unpaired) electrons. The fraction of sp³-hybridized carbons (Fsp3) is 0.263. The zero-order valence-corrected chi connectivity index (χ0v) is 15.1. The van der Waals surface area contributed by atoms with Crippen molar-refractivity contribution >= 4 is 21.6 Å². The molecule has 0 fully saturated rings. The van der Waals surface area contributed by atoms with Crippen LogP contribution < -0.4 is 4.72 Å². The molecule has 0 unspecified atom stereocenters. The minimum absolute atomic E-state index is 0.0176. The predicted molar refractivity (Wildman–Crippen MR) is 94.4 cm³/mol. The number of fused-ring (bicyclic) bond motifs is 2. The largest absolute Gasteiger partial charge is 0.289 e. The molecule has 0 aliphatic heterocycles. The molecule has 0 saturated carbocycles. The van der Waals surface area contributed by atoms with Gasteiger partial charge in [-0.3, -0.25) is 9.59 Å². The number of carbonyl (C=O) groups excluding carboxylic acids is 2. The van der Waals surface area contributed by atoms with Crippen molar-refractivity contribution in [3.05, 3.63) is 64.7 Å². The molecule has 2 aromatic carbocycles. The standard InChI is InChI=1S/C19H19NO4S/c1-19(2,3)11-20-25(23,24)12-8-9-15-16(10-12)18(22)14-7-5-4-6-13(14)17(15)21/h4-10,20H,11H2,1-3H3. The molecule has 0 spiro atoms. The highest BCUT2D eigenvalue weighted by Gasteiger charge is 2.30. The van der Waals surface area contributed by atoms with E-state index in [4.69, 9.17) is 0 Å². The molecule has 0 amide bonds. The lowest BCUT2D eigenvalue weighted by Crippen LogP contribution is -2.32. The van der Waals surface area contributed by atoms with Gasteiger partial charge in [-0.15, -0.1) is 0 Å². The molecular formula is C19H19NO4S. The Morgan fingerprint density at radius 2 is 1.36 bits per heavy atom. The zero-order chi connectivity index (χ0) is 18.4. The van der Waals surface area contributed by atoms with Gasteiger partial charge in [0.15, 0.2) is 11.6 Å². The number of benzene rings is 2. The summed E-state index contributed by atoms with van der Waals surface area (Å²) in [6, 6.07) is 10.6. The maximum absolute atomic E-state index is 12.7. The van der Waals surface area contributed by atoms with Crippen LogP contribution in [-0.4, -0.2) is 26.5 Å². The van der Waals surface area contributed by atoms with Gasteiger partial charge < -0.3 is 0 Å². The van der Waals surface area contributed by atoms with Crippen LogP contribution in [0, 0.1) is 5.41 Å². The number of rotatable bonds is 3. The minimum Gasteiger partial charge on any atom is -0.289 e. The summed E-state index contributed by atoms with van der Waals surface area (Å²) in [5.41, 5.74) is 0.797. The highest BCUT2D eigenvalue weighted by Crippen LogP contribution is 2.29. The molecule has 0 saturated heterocycles. The van der Waals surface area contributed by atoms with E-state index in [0.29, 0.717) is 11.1 Å². The molecule has 3 rings (SSSR count). The van der Waals surface area contributed by atoms with Gasteiger partial charge in [0.1, 0.15) is 0 Å². The van der Waals surface area contributed by atoms with Crippen molar-refractivity contribution in [2.24, 2.45) is 5.41 Å². The monoisotopic (exact) mass is 357 g/mol. The second-order valence-electron chi connectivity index (χ2n) is 7.30. The fourth-order valence-corrected chi connectivity index (χ4v) is 3.95. The van der Waals surface area contributed by atoms with Crippen LogP contribution in [-0.2, 0) is 10.0 Å². The lowest BCUT2D eigenvalue weighted by atomic mass is 9.84. The van der Waals surface area contributed by atoms with Gasteiger partial charge in [0.25, 0.3) is 0 Å². The molecule has 0 atom stereocenters. The smallest absolute Gasteiger partial charge is 0.240 e. The van der Waals surface area contributed by atoms with E-state index in [-0.39, 0.29) is 39.5 Å². The summed E-state index contributed by atoms with van der Waals surface area (Å²) in [6.07, 6.45) is 0. The van der Waals surface area contributed by atoms with Crippen molar-refractivity contribution < 1.29 is 18.0 Å². The topological polar surface area (TPSA) is 80.3 Å². The fourth-order valence-electron chi connectivity index (χ4n) is 2.64. The summed E-state index contributed by atoms with van der Waals surface area (Å²) in [4.78, 5) is 25.2. The lowest BCUT2D eigenvalue weighted by Gasteiger charge is -2.20. The van der Waals surface area contributed by atoms with Gasteiger partial charge >= 0.3 is 0 Å². The Hall–Kier alpha value is -2.31. The van der Waals surface area contributed by atoms with Crippen LogP contribution >= 0.6 is 0 Å². The lowest BCUT2D eigenvalue weighted by molar-refractivity contribution is 0.0979. The van der Waals surface area contributed by atoms with E-state index in [1.54, 1.807) is 24.3 Å². The quantitative estimate of drug-likeness (QED) is 0.782.